The van der Waals surface area contributed by atoms with Crippen molar-refractivity contribution in [1.29, 1.82) is 0 Å². The Balaban J connectivity index is 1.41. The molecule has 6 heteroatoms. The van der Waals surface area contributed by atoms with Gasteiger partial charge in [-0.15, -0.1) is 0 Å². The van der Waals surface area contributed by atoms with Crippen LogP contribution in [0.1, 0.15) is 33.5 Å². The summed E-state index contributed by atoms with van der Waals surface area (Å²) < 4.78 is 0. The molecule has 1 fully saturated rings. The van der Waals surface area contributed by atoms with Crippen molar-refractivity contribution < 1.29 is 14.4 Å². The number of rotatable bonds is 7. The van der Waals surface area contributed by atoms with Crippen LogP contribution < -0.4 is 10.6 Å². The Morgan fingerprint density at radius 3 is 2.45 bits per heavy atom. The SMILES string of the molecule is Cc1ccc(C(=O)NCCNC(=O)C2CC(=O)N(Cc3ccccc3)C2)cc1C. The highest BCUT2D eigenvalue weighted by Gasteiger charge is 2.33. The highest BCUT2D eigenvalue weighted by molar-refractivity contribution is 5.94. The molecule has 3 amide bonds. The molecular weight excluding hydrogens is 366 g/mol. The van der Waals surface area contributed by atoms with Crippen LogP contribution in [0.25, 0.3) is 0 Å². The Kier molecular flexibility index (Phi) is 6.65. The minimum Gasteiger partial charge on any atom is -0.354 e. The average Bonchev–Trinajstić information content (AvgIpc) is 3.08. The fourth-order valence-corrected chi connectivity index (χ4v) is 3.40. The van der Waals surface area contributed by atoms with Gasteiger partial charge in [0.05, 0.1) is 5.92 Å². The van der Waals surface area contributed by atoms with Gasteiger partial charge in [-0.05, 0) is 42.7 Å². The number of amides is 3. The van der Waals surface area contributed by atoms with E-state index in [4.69, 9.17) is 0 Å². The zero-order valence-corrected chi connectivity index (χ0v) is 16.9. The molecule has 0 spiro atoms. The minimum absolute atomic E-state index is 0.00273. The molecule has 29 heavy (non-hydrogen) atoms. The molecule has 0 saturated carbocycles. The number of nitrogens with one attached hydrogen (secondary N) is 2. The Morgan fingerprint density at radius 2 is 1.72 bits per heavy atom. The van der Waals surface area contributed by atoms with Gasteiger partial charge in [-0.3, -0.25) is 14.4 Å². The van der Waals surface area contributed by atoms with E-state index in [0.717, 1.165) is 16.7 Å². The second-order valence-electron chi connectivity index (χ2n) is 7.51. The number of hydrogen-bond donors (Lipinski definition) is 2. The Labute approximate surface area is 171 Å². The van der Waals surface area contributed by atoms with E-state index in [9.17, 15) is 14.4 Å². The number of likely N-dealkylation sites (tertiary alicyclic amines) is 1. The molecule has 0 aromatic heterocycles. The summed E-state index contributed by atoms with van der Waals surface area (Å²) >= 11 is 0. The molecule has 1 aliphatic heterocycles. The van der Waals surface area contributed by atoms with Gasteiger partial charge in [-0.1, -0.05) is 36.4 Å². The second-order valence-corrected chi connectivity index (χ2v) is 7.51. The van der Waals surface area contributed by atoms with E-state index in [1.165, 1.54) is 0 Å². The molecule has 1 atom stereocenters. The van der Waals surface area contributed by atoms with Crippen molar-refractivity contribution in [2.45, 2.75) is 26.8 Å². The molecule has 2 N–H and O–H groups in total. The van der Waals surface area contributed by atoms with Gasteiger partial charge in [0.1, 0.15) is 0 Å². The van der Waals surface area contributed by atoms with Crippen LogP contribution in [-0.4, -0.2) is 42.3 Å². The number of hydrogen-bond acceptors (Lipinski definition) is 3. The summed E-state index contributed by atoms with van der Waals surface area (Å²) in [5.74, 6) is -0.652. The summed E-state index contributed by atoms with van der Waals surface area (Å²) in [6, 6.07) is 15.3. The third-order valence-electron chi connectivity index (χ3n) is 5.28. The lowest BCUT2D eigenvalue weighted by Crippen LogP contribution is -2.38. The molecule has 1 aliphatic rings. The van der Waals surface area contributed by atoms with Crippen LogP contribution >= 0.6 is 0 Å². The molecule has 0 aliphatic carbocycles. The highest BCUT2D eigenvalue weighted by atomic mass is 16.2. The van der Waals surface area contributed by atoms with E-state index in [1.54, 1.807) is 11.0 Å². The van der Waals surface area contributed by atoms with Gasteiger partial charge in [0.2, 0.25) is 11.8 Å². The predicted molar refractivity (Wildman–Crippen MR) is 111 cm³/mol. The first-order valence-electron chi connectivity index (χ1n) is 9.89. The molecule has 2 aromatic rings. The van der Waals surface area contributed by atoms with E-state index in [-0.39, 0.29) is 30.1 Å². The number of nitrogens with zero attached hydrogens (tertiary/aromatic N) is 1. The van der Waals surface area contributed by atoms with E-state index in [2.05, 4.69) is 10.6 Å². The maximum Gasteiger partial charge on any atom is 0.251 e. The minimum atomic E-state index is -0.346. The lowest BCUT2D eigenvalue weighted by molar-refractivity contribution is -0.129. The Hall–Kier alpha value is -3.15. The summed E-state index contributed by atoms with van der Waals surface area (Å²) in [6.45, 7) is 5.59. The van der Waals surface area contributed by atoms with E-state index in [0.29, 0.717) is 31.7 Å². The fraction of sp³-hybridized carbons (Fsp3) is 0.348. The van der Waals surface area contributed by atoms with Crippen molar-refractivity contribution in [1.82, 2.24) is 15.5 Å². The van der Waals surface area contributed by atoms with Crippen LogP contribution in [0.3, 0.4) is 0 Å². The number of benzene rings is 2. The van der Waals surface area contributed by atoms with Crippen molar-refractivity contribution in [2.24, 2.45) is 5.92 Å². The second kappa shape index (κ2) is 9.37. The lowest BCUT2D eigenvalue weighted by atomic mass is 10.1. The fourth-order valence-electron chi connectivity index (χ4n) is 3.40. The van der Waals surface area contributed by atoms with E-state index in [1.807, 2.05) is 56.3 Å². The van der Waals surface area contributed by atoms with E-state index >= 15 is 0 Å². The summed E-state index contributed by atoms with van der Waals surface area (Å²) in [5.41, 5.74) is 3.87. The quantitative estimate of drug-likeness (QED) is 0.708. The number of carbonyl (C=O) groups is 3. The zero-order valence-electron chi connectivity index (χ0n) is 16.9. The summed E-state index contributed by atoms with van der Waals surface area (Å²) in [5, 5.41) is 5.64. The standard InChI is InChI=1S/C23H27N3O3/c1-16-8-9-19(12-17(16)2)22(28)24-10-11-25-23(29)20-13-21(27)26(15-20)14-18-6-4-3-5-7-18/h3-9,12,20H,10-11,13-15H2,1-2H3,(H,24,28)(H,25,29). The van der Waals surface area contributed by atoms with Crippen LogP contribution in [0.15, 0.2) is 48.5 Å². The number of carbonyl (C=O) groups excluding carboxylic acids is 3. The van der Waals surface area contributed by atoms with Gasteiger partial charge in [0.15, 0.2) is 0 Å². The largest absolute Gasteiger partial charge is 0.354 e. The number of aryl methyl sites for hydroxylation is 2. The predicted octanol–water partition coefficient (Wildman–Crippen LogP) is 2.20. The maximum absolute atomic E-state index is 12.4. The molecule has 3 rings (SSSR count). The molecule has 1 saturated heterocycles. The van der Waals surface area contributed by atoms with Gasteiger partial charge in [0, 0.05) is 38.2 Å². The van der Waals surface area contributed by atoms with Crippen molar-refractivity contribution in [2.75, 3.05) is 19.6 Å². The Morgan fingerprint density at radius 1 is 1.00 bits per heavy atom. The monoisotopic (exact) mass is 393 g/mol. The topological polar surface area (TPSA) is 78.5 Å². The first-order valence-corrected chi connectivity index (χ1v) is 9.89. The lowest BCUT2D eigenvalue weighted by Gasteiger charge is -2.16. The smallest absolute Gasteiger partial charge is 0.251 e. The third-order valence-corrected chi connectivity index (χ3v) is 5.28. The Bertz CT molecular complexity index is 895. The normalized spacial score (nSPS) is 16.0. The van der Waals surface area contributed by atoms with Gasteiger partial charge in [0.25, 0.3) is 5.91 Å². The van der Waals surface area contributed by atoms with Crippen LogP contribution in [-0.2, 0) is 16.1 Å². The zero-order chi connectivity index (χ0) is 20.8. The summed E-state index contributed by atoms with van der Waals surface area (Å²) in [4.78, 5) is 38.5. The van der Waals surface area contributed by atoms with Crippen molar-refractivity contribution >= 4 is 17.7 Å². The summed E-state index contributed by atoms with van der Waals surface area (Å²) in [6.07, 6.45) is 0.230. The van der Waals surface area contributed by atoms with Crippen molar-refractivity contribution in [3.8, 4) is 0 Å². The molecule has 0 bridgehead atoms. The third kappa shape index (κ3) is 5.44. The molecule has 6 nitrogen and oxygen atoms in total. The van der Waals surface area contributed by atoms with E-state index < -0.39 is 0 Å². The summed E-state index contributed by atoms with van der Waals surface area (Å²) in [7, 11) is 0. The first kappa shape index (κ1) is 20.6. The molecule has 1 heterocycles. The van der Waals surface area contributed by atoms with Crippen molar-refractivity contribution in [3.05, 3.63) is 70.8 Å². The van der Waals surface area contributed by atoms with Gasteiger partial charge >= 0.3 is 0 Å². The molecule has 0 radical (unpaired) electrons. The van der Waals surface area contributed by atoms with Crippen LogP contribution in [0.4, 0.5) is 0 Å². The van der Waals surface area contributed by atoms with Gasteiger partial charge in [-0.25, -0.2) is 0 Å². The van der Waals surface area contributed by atoms with Crippen LogP contribution in [0.2, 0.25) is 0 Å². The highest BCUT2D eigenvalue weighted by Crippen LogP contribution is 2.20. The molecule has 2 aromatic carbocycles. The average molecular weight is 393 g/mol. The molecule has 152 valence electrons. The molecule has 1 unspecified atom stereocenters. The van der Waals surface area contributed by atoms with Crippen molar-refractivity contribution in [3.63, 3.8) is 0 Å². The van der Waals surface area contributed by atoms with Crippen LogP contribution in [0.5, 0.6) is 0 Å². The first-order chi connectivity index (χ1) is 13.9. The van der Waals surface area contributed by atoms with Gasteiger partial charge < -0.3 is 15.5 Å². The van der Waals surface area contributed by atoms with Gasteiger partial charge in [-0.2, -0.15) is 0 Å². The van der Waals surface area contributed by atoms with Crippen LogP contribution in [0, 0.1) is 19.8 Å². The maximum atomic E-state index is 12.4. The molecular formula is C23H27N3O3.